The van der Waals surface area contributed by atoms with Crippen molar-refractivity contribution in [2.24, 2.45) is 0 Å². The van der Waals surface area contributed by atoms with Gasteiger partial charge in [-0.15, -0.1) is 11.3 Å². The summed E-state index contributed by atoms with van der Waals surface area (Å²) in [4.78, 5) is 33.7. The maximum absolute atomic E-state index is 12.1. The van der Waals surface area contributed by atoms with Crippen LogP contribution in [-0.4, -0.2) is 51.8 Å². The second-order valence-electron chi connectivity index (χ2n) is 9.44. The van der Waals surface area contributed by atoms with Crippen molar-refractivity contribution in [2.75, 3.05) is 13.1 Å². The molecule has 34 heavy (non-hydrogen) atoms. The third-order valence-electron chi connectivity index (χ3n) is 7.01. The summed E-state index contributed by atoms with van der Waals surface area (Å²) >= 11 is 8.16. The van der Waals surface area contributed by atoms with Crippen LogP contribution in [0.5, 0.6) is 0 Å². The van der Waals surface area contributed by atoms with E-state index in [-0.39, 0.29) is 11.8 Å². The van der Waals surface area contributed by atoms with E-state index in [1.54, 1.807) is 11.3 Å². The Balaban J connectivity index is 1.56. The number of amides is 2. The number of imide groups is 1. The van der Waals surface area contributed by atoms with Gasteiger partial charge < -0.3 is 5.32 Å². The highest BCUT2D eigenvalue weighted by atomic mass is 35.5. The lowest BCUT2D eigenvalue weighted by Gasteiger charge is -2.40. The lowest BCUT2D eigenvalue weighted by Crippen LogP contribution is -2.54. The molecule has 0 unspecified atom stereocenters. The van der Waals surface area contributed by atoms with Gasteiger partial charge in [0.25, 0.3) is 0 Å². The van der Waals surface area contributed by atoms with Gasteiger partial charge in [0.2, 0.25) is 11.8 Å². The van der Waals surface area contributed by atoms with Crippen LogP contribution in [0.1, 0.15) is 42.7 Å². The number of aryl methyl sites for hydroxylation is 1. The van der Waals surface area contributed by atoms with E-state index < -0.39 is 0 Å². The number of nitrogens with zero attached hydrogens (tertiary/aromatic N) is 3. The molecule has 3 aromatic rings. The van der Waals surface area contributed by atoms with Gasteiger partial charge in [-0.25, -0.2) is 0 Å². The van der Waals surface area contributed by atoms with Gasteiger partial charge in [-0.2, -0.15) is 0 Å². The fourth-order valence-corrected chi connectivity index (χ4v) is 6.52. The molecule has 5 rings (SSSR count). The molecular formula is C26H29ClN4O2S. The van der Waals surface area contributed by atoms with E-state index in [9.17, 15) is 9.59 Å². The molecule has 0 radical (unpaired) electrons. The molecule has 1 N–H and O–H groups in total. The normalized spacial score (nSPS) is 21.7. The molecule has 2 aromatic heterocycles. The van der Waals surface area contributed by atoms with Crippen LogP contribution < -0.4 is 5.32 Å². The van der Waals surface area contributed by atoms with Crippen LogP contribution in [0.2, 0.25) is 5.02 Å². The zero-order valence-corrected chi connectivity index (χ0v) is 21.3. The minimum Gasteiger partial charge on any atom is -0.314 e. The number of halogens is 1. The van der Waals surface area contributed by atoms with Crippen molar-refractivity contribution in [3.63, 3.8) is 0 Å². The monoisotopic (exact) mass is 496 g/mol. The molecule has 2 atom stereocenters. The molecule has 2 fully saturated rings. The summed E-state index contributed by atoms with van der Waals surface area (Å²) in [6, 6.07) is 9.03. The van der Waals surface area contributed by atoms with E-state index in [4.69, 9.17) is 11.6 Å². The van der Waals surface area contributed by atoms with E-state index in [1.807, 2.05) is 24.4 Å². The van der Waals surface area contributed by atoms with E-state index in [0.29, 0.717) is 36.5 Å². The highest BCUT2D eigenvalue weighted by molar-refractivity contribution is 7.19. The molecule has 0 aliphatic carbocycles. The van der Waals surface area contributed by atoms with E-state index in [0.717, 1.165) is 45.9 Å². The quantitative estimate of drug-likeness (QED) is 0.516. The Hall–Kier alpha value is -2.32. The third-order valence-corrected chi connectivity index (χ3v) is 8.37. The standard InChI is InChI=1S/C26H29ClN4O2S/c1-15-8-18(27)9-21(22(15)14-30-16(2)11-28-12-17(30)3)20-6-7-29-23-10-19(34-26(20)23)13-31-24(32)4-5-25(31)33/h6-10,16-17,28H,4-5,11-14H2,1-3H3/t16-,17-/m1/s1. The Morgan fingerprint density at radius 1 is 1.06 bits per heavy atom. The highest BCUT2D eigenvalue weighted by Crippen LogP contribution is 2.39. The van der Waals surface area contributed by atoms with Crippen LogP contribution in [0.3, 0.4) is 0 Å². The average molecular weight is 497 g/mol. The van der Waals surface area contributed by atoms with E-state index in [2.05, 4.69) is 42.0 Å². The highest BCUT2D eigenvalue weighted by Gasteiger charge is 2.30. The summed E-state index contributed by atoms with van der Waals surface area (Å²) in [6.45, 7) is 9.79. The fraction of sp³-hybridized carbons (Fsp3) is 0.423. The molecule has 2 aliphatic rings. The second-order valence-corrected chi connectivity index (χ2v) is 11.0. The maximum Gasteiger partial charge on any atom is 0.230 e. The number of piperazine rings is 1. The lowest BCUT2D eigenvalue weighted by molar-refractivity contribution is -0.138. The molecule has 2 saturated heterocycles. The summed E-state index contributed by atoms with van der Waals surface area (Å²) in [5, 5.41) is 4.23. The Morgan fingerprint density at radius 2 is 1.76 bits per heavy atom. The summed E-state index contributed by atoms with van der Waals surface area (Å²) in [5.74, 6) is -0.190. The fourth-order valence-electron chi connectivity index (χ4n) is 5.12. The number of benzene rings is 1. The first kappa shape index (κ1) is 23.4. The number of nitrogens with one attached hydrogen (secondary N) is 1. The first-order chi connectivity index (χ1) is 16.3. The summed E-state index contributed by atoms with van der Waals surface area (Å²) < 4.78 is 1.06. The SMILES string of the molecule is Cc1cc(Cl)cc(-c2ccnc3cc(CN4C(=O)CCC4=O)sc23)c1CN1[C@H](C)CNC[C@H]1C. The molecule has 0 spiro atoms. The Labute approximate surface area is 208 Å². The van der Waals surface area contributed by atoms with Crippen molar-refractivity contribution in [2.45, 2.75) is 58.8 Å². The molecular weight excluding hydrogens is 468 g/mol. The molecule has 4 heterocycles. The molecule has 1 aromatic carbocycles. The number of pyridine rings is 1. The zero-order valence-electron chi connectivity index (χ0n) is 19.7. The van der Waals surface area contributed by atoms with Crippen molar-refractivity contribution in [1.82, 2.24) is 20.1 Å². The van der Waals surface area contributed by atoms with Crippen molar-refractivity contribution < 1.29 is 9.59 Å². The number of thiophene rings is 1. The van der Waals surface area contributed by atoms with Gasteiger partial charge in [0.1, 0.15) is 0 Å². The number of hydrogen-bond acceptors (Lipinski definition) is 6. The maximum atomic E-state index is 12.1. The number of carbonyl (C=O) groups excluding carboxylic acids is 2. The Bertz CT molecular complexity index is 1250. The lowest BCUT2D eigenvalue weighted by atomic mass is 9.94. The van der Waals surface area contributed by atoms with Gasteiger partial charge in [-0.05, 0) is 61.7 Å². The van der Waals surface area contributed by atoms with Crippen LogP contribution in [-0.2, 0) is 22.7 Å². The van der Waals surface area contributed by atoms with Crippen molar-refractivity contribution in [1.29, 1.82) is 0 Å². The number of hydrogen-bond donors (Lipinski definition) is 1. The number of carbonyl (C=O) groups is 2. The van der Waals surface area contributed by atoms with Crippen LogP contribution in [0, 0.1) is 6.92 Å². The molecule has 0 bridgehead atoms. The van der Waals surface area contributed by atoms with Gasteiger partial charge >= 0.3 is 0 Å². The van der Waals surface area contributed by atoms with Crippen molar-refractivity contribution in [3.8, 4) is 11.1 Å². The number of likely N-dealkylation sites (tertiary alicyclic amines) is 1. The van der Waals surface area contributed by atoms with Gasteiger partial charge in [0.05, 0.1) is 16.8 Å². The average Bonchev–Trinajstić information content (AvgIpc) is 3.35. The van der Waals surface area contributed by atoms with E-state index in [1.165, 1.54) is 16.0 Å². The topological polar surface area (TPSA) is 65.5 Å². The minimum atomic E-state index is -0.0948. The zero-order chi connectivity index (χ0) is 24.0. The van der Waals surface area contributed by atoms with E-state index >= 15 is 0 Å². The summed E-state index contributed by atoms with van der Waals surface area (Å²) in [7, 11) is 0. The molecule has 8 heteroatoms. The summed E-state index contributed by atoms with van der Waals surface area (Å²) in [5.41, 5.74) is 5.55. The van der Waals surface area contributed by atoms with Gasteiger partial charge in [0.15, 0.2) is 0 Å². The smallest absolute Gasteiger partial charge is 0.230 e. The number of fused-ring (bicyclic) bond motifs is 1. The second kappa shape index (κ2) is 9.38. The Morgan fingerprint density at radius 3 is 2.47 bits per heavy atom. The van der Waals surface area contributed by atoms with Crippen molar-refractivity contribution in [3.05, 3.63) is 51.5 Å². The van der Waals surface area contributed by atoms with Gasteiger partial charge in [-0.1, -0.05) is 11.6 Å². The van der Waals surface area contributed by atoms with Gasteiger partial charge in [-0.3, -0.25) is 24.4 Å². The largest absolute Gasteiger partial charge is 0.314 e. The molecule has 0 saturated carbocycles. The van der Waals surface area contributed by atoms with Crippen LogP contribution in [0.25, 0.3) is 21.3 Å². The predicted molar refractivity (Wildman–Crippen MR) is 137 cm³/mol. The minimum absolute atomic E-state index is 0.0948. The van der Waals surface area contributed by atoms with Crippen LogP contribution in [0.15, 0.2) is 30.5 Å². The number of aromatic nitrogens is 1. The molecule has 6 nitrogen and oxygen atoms in total. The van der Waals surface area contributed by atoms with Crippen LogP contribution >= 0.6 is 22.9 Å². The molecule has 178 valence electrons. The van der Waals surface area contributed by atoms with Gasteiger partial charge in [0, 0.05) is 66.2 Å². The predicted octanol–water partition coefficient (Wildman–Crippen LogP) is 4.76. The first-order valence-electron chi connectivity index (χ1n) is 11.8. The van der Waals surface area contributed by atoms with Crippen LogP contribution in [0.4, 0.5) is 0 Å². The third kappa shape index (κ3) is 4.38. The molecule has 2 amide bonds. The summed E-state index contributed by atoms with van der Waals surface area (Å²) in [6.07, 6.45) is 2.44. The molecule has 2 aliphatic heterocycles. The Kier molecular flexibility index (Phi) is 6.46. The van der Waals surface area contributed by atoms with Crippen molar-refractivity contribution >= 4 is 45.0 Å². The number of rotatable bonds is 5. The first-order valence-corrected chi connectivity index (χ1v) is 13.0.